The van der Waals surface area contributed by atoms with Crippen molar-refractivity contribution in [1.82, 2.24) is 0 Å². The molecule has 0 aliphatic rings. The molecule has 0 aromatic heterocycles. The number of Topliss-reactive ketones (excluding diaryl/α,β-unsaturated/α-hetero) is 1. The first-order chi connectivity index (χ1) is 6.31. The van der Waals surface area contributed by atoms with Crippen LogP contribution in [-0.2, 0) is 9.59 Å². The zero-order valence-corrected chi connectivity index (χ0v) is 7.43. The number of aliphatic carboxylic acids is 1. The van der Waals surface area contributed by atoms with Crippen molar-refractivity contribution in [3.05, 3.63) is 0 Å². The molecule has 0 aliphatic carbocycles. The lowest BCUT2D eigenvalue weighted by Crippen LogP contribution is -2.09. The Hall–Kier alpha value is -1.07. The summed E-state index contributed by atoms with van der Waals surface area (Å²) in [4.78, 5) is 20.7. The lowest BCUT2D eigenvalue weighted by Gasteiger charge is -2.04. The van der Waals surface area contributed by atoms with Gasteiger partial charge in [-0.1, -0.05) is 0 Å². The molecule has 6 heteroatoms. The number of carbonyl (C=O) groups is 2. The molecule has 0 saturated carbocycles. The van der Waals surface area contributed by atoms with Crippen LogP contribution in [0.15, 0.2) is 0 Å². The molecule has 0 aromatic rings. The molecule has 82 valence electrons. The van der Waals surface area contributed by atoms with Crippen LogP contribution in [0.4, 0.5) is 13.2 Å². The lowest BCUT2D eigenvalue weighted by atomic mass is 10.1. The smallest absolute Gasteiger partial charge is 0.389 e. The van der Waals surface area contributed by atoms with Crippen LogP contribution in [0.2, 0.25) is 0 Å². The largest absolute Gasteiger partial charge is 0.481 e. The van der Waals surface area contributed by atoms with E-state index in [1.165, 1.54) is 0 Å². The molecular formula is C8H11F3O3. The Labute approximate surface area is 78.9 Å². The quantitative estimate of drug-likeness (QED) is 0.542. The standard InChI is InChI=1S/C8H11F3O3/c9-8(10,11)4-2-1-3-6(12)5-7(13)14/h1-5H2,(H,13,14). The van der Waals surface area contributed by atoms with Gasteiger partial charge in [-0.2, -0.15) is 13.2 Å². The number of hydrogen-bond donors (Lipinski definition) is 1. The Morgan fingerprint density at radius 1 is 1.14 bits per heavy atom. The van der Waals surface area contributed by atoms with Gasteiger partial charge in [0, 0.05) is 12.8 Å². The van der Waals surface area contributed by atoms with Crippen molar-refractivity contribution < 1.29 is 27.9 Å². The summed E-state index contributed by atoms with van der Waals surface area (Å²) >= 11 is 0. The van der Waals surface area contributed by atoms with Crippen molar-refractivity contribution in [2.45, 2.75) is 38.3 Å². The second kappa shape index (κ2) is 5.62. The highest BCUT2D eigenvalue weighted by atomic mass is 19.4. The maximum absolute atomic E-state index is 11.6. The summed E-state index contributed by atoms with van der Waals surface area (Å²) in [5.74, 6) is -1.77. The first kappa shape index (κ1) is 12.9. The van der Waals surface area contributed by atoms with Gasteiger partial charge >= 0.3 is 12.1 Å². The van der Waals surface area contributed by atoms with Gasteiger partial charge in [0.25, 0.3) is 0 Å². The fourth-order valence-corrected chi connectivity index (χ4v) is 0.905. The van der Waals surface area contributed by atoms with Crippen LogP contribution in [0.5, 0.6) is 0 Å². The molecule has 0 rings (SSSR count). The van der Waals surface area contributed by atoms with E-state index in [4.69, 9.17) is 5.11 Å². The topological polar surface area (TPSA) is 54.4 Å². The number of carboxylic acid groups (broad SMARTS) is 1. The molecule has 0 heterocycles. The van der Waals surface area contributed by atoms with Crippen molar-refractivity contribution >= 4 is 11.8 Å². The van der Waals surface area contributed by atoms with Crippen LogP contribution in [0.25, 0.3) is 0 Å². The van der Waals surface area contributed by atoms with E-state index >= 15 is 0 Å². The van der Waals surface area contributed by atoms with Gasteiger partial charge in [-0.25, -0.2) is 0 Å². The fraction of sp³-hybridized carbons (Fsp3) is 0.750. The molecule has 0 atom stereocenters. The number of rotatable bonds is 6. The summed E-state index contributed by atoms with van der Waals surface area (Å²) in [5.41, 5.74) is 0. The molecule has 0 amide bonds. The fourth-order valence-electron chi connectivity index (χ4n) is 0.905. The summed E-state index contributed by atoms with van der Waals surface area (Å²) in [5, 5.41) is 8.17. The van der Waals surface area contributed by atoms with Crippen molar-refractivity contribution in [3.63, 3.8) is 0 Å². The number of hydrogen-bond acceptors (Lipinski definition) is 2. The highest BCUT2D eigenvalue weighted by Crippen LogP contribution is 2.22. The van der Waals surface area contributed by atoms with Gasteiger partial charge in [0.15, 0.2) is 0 Å². The average molecular weight is 212 g/mol. The molecule has 1 N–H and O–H groups in total. The average Bonchev–Trinajstić information content (AvgIpc) is 1.95. The van der Waals surface area contributed by atoms with Crippen LogP contribution in [0, 0.1) is 0 Å². The van der Waals surface area contributed by atoms with Gasteiger partial charge in [0.1, 0.15) is 12.2 Å². The third-order valence-corrected chi connectivity index (χ3v) is 1.51. The second-order valence-electron chi connectivity index (χ2n) is 2.93. The number of unbranched alkanes of at least 4 members (excludes halogenated alkanes) is 1. The molecule has 0 aromatic carbocycles. The van der Waals surface area contributed by atoms with E-state index in [-0.39, 0.29) is 19.3 Å². The van der Waals surface area contributed by atoms with Crippen molar-refractivity contribution in [1.29, 1.82) is 0 Å². The molecule has 0 unspecified atom stereocenters. The highest BCUT2D eigenvalue weighted by molar-refractivity contribution is 5.94. The summed E-state index contributed by atoms with van der Waals surface area (Å²) < 4.78 is 34.8. The monoisotopic (exact) mass is 212 g/mol. The van der Waals surface area contributed by atoms with Crippen LogP contribution < -0.4 is 0 Å². The van der Waals surface area contributed by atoms with Crippen molar-refractivity contribution in [2.24, 2.45) is 0 Å². The predicted octanol–water partition coefficient (Wildman–Crippen LogP) is 2.15. The summed E-state index contributed by atoms with van der Waals surface area (Å²) in [7, 11) is 0. The van der Waals surface area contributed by atoms with E-state index in [1.807, 2.05) is 0 Å². The minimum absolute atomic E-state index is 0.0889. The Morgan fingerprint density at radius 2 is 1.71 bits per heavy atom. The molecule has 14 heavy (non-hydrogen) atoms. The third kappa shape index (κ3) is 9.02. The van der Waals surface area contributed by atoms with Crippen LogP contribution in [0.3, 0.4) is 0 Å². The summed E-state index contributed by atoms with van der Waals surface area (Å²) in [6.45, 7) is 0. The highest BCUT2D eigenvalue weighted by Gasteiger charge is 2.25. The van der Waals surface area contributed by atoms with Gasteiger partial charge in [-0.05, 0) is 12.8 Å². The number of carboxylic acids is 1. The van der Waals surface area contributed by atoms with Crippen LogP contribution in [0.1, 0.15) is 32.1 Å². The van der Waals surface area contributed by atoms with Gasteiger partial charge in [0.05, 0.1) is 0 Å². The maximum atomic E-state index is 11.6. The van der Waals surface area contributed by atoms with Crippen molar-refractivity contribution in [2.75, 3.05) is 0 Å². The third-order valence-electron chi connectivity index (χ3n) is 1.51. The predicted molar refractivity (Wildman–Crippen MR) is 41.8 cm³/mol. The van der Waals surface area contributed by atoms with Crippen LogP contribution >= 0.6 is 0 Å². The molecule has 0 saturated heterocycles. The van der Waals surface area contributed by atoms with Crippen molar-refractivity contribution in [3.8, 4) is 0 Å². The normalized spacial score (nSPS) is 11.4. The van der Waals surface area contributed by atoms with Gasteiger partial charge in [-0.3, -0.25) is 9.59 Å². The van der Waals surface area contributed by atoms with Gasteiger partial charge < -0.3 is 5.11 Å². The molecule has 0 aliphatic heterocycles. The van der Waals surface area contributed by atoms with E-state index in [2.05, 4.69) is 0 Å². The molecule has 3 nitrogen and oxygen atoms in total. The molecule has 0 radical (unpaired) electrons. The number of halogens is 3. The van der Waals surface area contributed by atoms with E-state index in [0.717, 1.165) is 0 Å². The zero-order valence-electron chi connectivity index (χ0n) is 7.43. The Balaban J connectivity index is 3.46. The van der Waals surface area contributed by atoms with E-state index in [9.17, 15) is 22.8 Å². The first-order valence-electron chi connectivity index (χ1n) is 4.11. The molecule has 0 bridgehead atoms. The number of ketones is 1. The SMILES string of the molecule is O=C(O)CC(=O)CCCCC(F)(F)F. The number of alkyl halides is 3. The molecular weight excluding hydrogens is 201 g/mol. The summed E-state index contributed by atoms with van der Waals surface area (Å²) in [6.07, 6.45) is -5.86. The first-order valence-corrected chi connectivity index (χ1v) is 4.11. The maximum Gasteiger partial charge on any atom is 0.389 e. The zero-order chi connectivity index (χ0) is 11.2. The lowest BCUT2D eigenvalue weighted by molar-refractivity contribution is -0.141. The van der Waals surface area contributed by atoms with Gasteiger partial charge in [-0.15, -0.1) is 0 Å². The van der Waals surface area contributed by atoms with E-state index in [0.29, 0.717) is 0 Å². The molecule has 0 spiro atoms. The number of carbonyl (C=O) groups excluding carboxylic acids is 1. The Bertz CT molecular complexity index is 210. The van der Waals surface area contributed by atoms with Gasteiger partial charge in [0.2, 0.25) is 0 Å². The van der Waals surface area contributed by atoms with E-state index < -0.39 is 30.8 Å². The Kier molecular flexibility index (Phi) is 5.19. The minimum Gasteiger partial charge on any atom is -0.481 e. The second-order valence-corrected chi connectivity index (χ2v) is 2.93. The summed E-state index contributed by atoms with van der Waals surface area (Å²) in [6, 6.07) is 0. The minimum atomic E-state index is -4.20. The Morgan fingerprint density at radius 3 is 2.14 bits per heavy atom. The van der Waals surface area contributed by atoms with Crippen LogP contribution in [-0.4, -0.2) is 23.0 Å². The van der Waals surface area contributed by atoms with E-state index in [1.54, 1.807) is 0 Å². The molecule has 0 fully saturated rings.